The summed E-state index contributed by atoms with van der Waals surface area (Å²) in [5.74, 6) is -7.97. The Morgan fingerprint density at radius 2 is 1.40 bits per heavy atom. The quantitative estimate of drug-likeness (QED) is 0.00540. The van der Waals surface area contributed by atoms with E-state index in [-0.39, 0.29) is 74.2 Å². The summed E-state index contributed by atoms with van der Waals surface area (Å²) in [6.45, 7) is 20.5. The van der Waals surface area contributed by atoms with Gasteiger partial charge in [-0.15, -0.1) is 0 Å². The SMILES string of the molecule is CO[C@H]1C[C@@H]2CC[C@@H](C)[C@@](O)(O2)C(=O)C(=O)N2CCCC[C@H]2C(=O)O[C@H]([C@H](C)C[C@@H]2CC[C@@H](OC(=O)CCCOCCOCCOCCOCCOCCOCCOCCOCCC(=O)N3CCc4cc(Cn5nc(-c6ccc7oc(N)nc7c6)c6c(N)ncnc65)ccc4C3)[C@H](OC)C2)C[C@H](N=[N+]=[N-])[C@H](C)/C=C(\C)[C@@H](O)[C@@H](OC)C(=O)[C@H](C)C[C@H](C)/C=C/C=C/C=C/1C. The lowest BCUT2D eigenvalue weighted by molar-refractivity contribution is -0.265. The van der Waals surface area contributed by atoms with Gasteiger partial charge in [-0.2, -0.15) is 10.1 Å². The number of ketones is 2. The van der Waals surface area contributed by atoms with E-state index in [1.165, 1.54) is 23.9 Å². The Morgan fingerprint density at radius 1 is 0.721 bits per heavy atom. The van der Waals surface area contributed by atoms with Crippen molar-refractivity contribution in [2.45, 2.75) is 225 Å². The molecule has 1 saturated carbocycles. The smallest absolute Gasteiger partial charge is 0.329 e. The summed E-state index contributed by atoms with van der Waals surface area (Å²) in [7, 11) is 4.53. The molecule has 2 saturated heterocycles. The average molecular weight is 1800 g/mol. The predicted octanol–water partition coefficient (Wildman–Crippen LogP) is 10.9. The zero-order valence-electron chi connectivity index (χ0n) is 76.7. The maximum absolute atomic E-state index is 14.9. The summed E-state index contributed by atoms with van der Waals surface area (Å²) >= 11 is 0. The van der Waals surface area contributed by atoms with Gasteiger partial charge in [-0.3, -0.25) is 24.0 Å². The number of anilines is 2. The first-order chi connectivity index (χ1) is 62.3. The lowest BCUT2D eigenvalue weighted by Gasteiger charge is -2.43. The van der Waals surface area contributed by atoms with Crippen LogP contribution in [0, 0.1) is 35.5 Å². The molecule has 4 aliphatic heterocycles. The fourth-order valence-electron chi connectivity index (χ4n) is 17.6. The van der Waals surface area contributed by atoms with Gasteiger partial charge in [0.1, 0.15) is 53.8 Å². The molecule has 35 heteroatoms. The molecular weight excluding hydrogens is 1670 g/mol. The summed E-state index contributed by atoms with van der Waals surface area (Å²) in [6, 6.07) is 9.87. The zero-order chi connectivity index (χ0) is 92.4. The highest BCUT2D eigenvalue weighted by atomic mass is 16.6. The Labute approximate surface area is 755 Å². The van der Waals surface area contributed by atoms with E-state index < -0.39 is 102 Å². The number of oxazole rings is 1. The number of amides is 2. The molecule has 0 spiro atoms. The highest BCUT2D eigenvalue weighted by Gasteiger charge is 2.53. The summed E-state index contributed by atoms with van der Waals surface area (Å²) in [6.07, 6.45) is 13.8. The molecule has 5 aliphatic rings. The molecule has 7 heterocycles. The maximum Gasteiger partial charge on any atom is 0.329 e. The fraction of sp³-hybridized carbons (Fsp3) is 0.660. The molecule has 2 aromatic carbocycles. The maximum atomic E-state index is 14.9. The van der Waals surface area contributed by atoms with Gasteiger partial charge in [0.25, 0.3) is 17.7 Å². The topological polar surface area (TPSA) is 449 Å². The van der Waals surface area contributed by atoms with E-state index in [1.54, 1.807) is 40.2 Å². The number of carbonyl (C=O) groups excluding carboxylic acids is 6. The largest absolute Gasteiger partial charge is 0.461 e. The molecule has 129 heavy (non-hydrogen) atoms. The third kappa shape index (κ3) is 30.0. The van der Waals surface area contributed by atoms with E-state index >= 15 is 0 Å². The number of Topliss-reactive ketones (excluding diaryl/α,β-unsaturated/α-hetero) is 2. The third-order valence-corrected chi connectivity index (χ3v) is 25.1. The van der Waals surface area contributed by atoms with Gasteiger partial charge in [-0.1, -0.05) is 94.4 Å². The predicted molar refractivity (Wildman–Crippen MR) is 479 cm³/mol. The van der Waals surface area contributed by atoms with Crippen LogP contribution >= 0.6 is 0 Å². The molecular formula is C94H136N12O23. The third-order valence-electron chi connectivity index (χ3n) is 25.1. The molecule has 0 unspecified atom stereocenters. The minimum Gasteiger partial charge on any atom is -0.461 e. The average Bonchev–Trinajstić information content (AvgIpc) is 1.59. The number of hydrogen-bond donors (Lipinski definition) is 4. The molecule has 3 aromatic heterocycles. The molecule has 710 valence electrons. The standard InChI is InChI=1S/C94H136N12O23/c1-60-17-12-11-13-18-61(2)78(115-8)55-72-26-21-66(7)94(114,129-72)88(111)91(112)105-31-15-14-19-75(105)92(113)127-79(56-73(101-103-97)62(3)50-65(6)86(110)87(117-10)85(109)64(5)49-60)63(4)51-67-23-27-77(80(53-67)116-9)126-82(108)20-16-33-118-35-37-120-39-41-122-43-45-124-47-48-125-46-44-123-42-40-121-38-36-119-34-30-81(107)104-32-29-69-52-68(22-24-71(69)58-104)57-106-90-83(89(95)98-59-99-90)84(102-106)70-25-28-76-74(54-70)100-93(96)128-76/h11-13,17-18,22,24-25,28,50,52,54,59-60,62-64,66-67,72-73,75,77-80,86-87,110,114H,14-16,19-21,23,26-27,29-49,51,53,55-58H2,1-10H3,(H2,96,100)(H2,95,98,99)/b13-11+,17-12+,61-18+,65-50+/t60-,62-,63-,64-,66-,67+,72+,73+,75+,77-,78+,79+,80-,86-,87+,94-/m1/s1. The van der Waals surface area contributed by atoms with E-state index in [4.69, 9.17) is 87.3 Å². The minimum atomic E-state index is -2.48. The number of aliphatic hydroxyl groups is 2. The number of allylic oxidation sites excluding steroid dienone is 5. The number of aliphatic hydroxyl groups excluding tert-OH is 1. The molecule has 2 bridgehead atoms. The highest BCUT2D eigenvalue weighted by molar-refractivity contribution is 6.39. The van der Waals surface area contributed by atoms with Crippen molar-refractivity contribution in [1.29, 1.82) is 0 Å². The van der Waals surface area contributed by atoms with Crippen LogP contribution in [0.15, 0.2) is 99.9 Å². The van der Waals surface area contributed by atoms with Crippen LogP contribution in [0.25, 0.3) is 43.8 Å². The highest BCUT2D eigenvalue weighted by Crippen LogP contribution is 2.40. The minimum absolute atomic E-state index is 0.00270. The number of ether oxygens (including phenoxy) is 14. The number of rotatable bonds is 39. The van der Waals surface area contributed by atoms with Crippen LogP contribution in [0.2, 0.25) is 0 Å². The number of nitrogens with zero attached hydrogens (tertiary/aromatic N) is 10. The summed E-state index contributed by atoms with van der Waals surface area (Å²) < 4.78 is 88.9. The number of aromatic nitrogens is 5. The first-order valence-corrected chi connectivity index (χ1v) is 45.6. The Balaban J connectivity index is 0.562. The molecule has 6 N–H and O–H groups in total. The molecule has 35 nitrogen and oxygen atoms in total. The number of nitrogens with two attached hydrogens (primary N) is 2. The van der Waals surface area contributed by atoms with Crippen molar-refractivity contribution in [3.8, 4) is 11.3 Å². The van der Waals surface area contributed by atoms with Crippen LogP contribution in [0.1, 0.15) is 161 Å². The number of benzene rings is 2. The number of carbonyl (C=O) groups is 6. The molecule has 0 radical (unpaired) electrons. The number of nitrogen functional groups attached to an aromatic ring is 2. The van der Waals surface area contributed by atoms with Crippen LogP contribution in [-0.2, 0) is 115 Å². The van der Waals surface area contributed by atoms with E-state index in [0.717, 1.165) is 28.7 Å². The van der Waals surface area contributed by atoms with Gasteiger partial charge >= 0.3 is 11.9 Å². The van der Waals surface area contributed by atoms with Crippen LogP contribution in [0.5, 0.6) is 0 Å². The first-order valence-electron chi connectivity index (χ1n) is 45.6. The van der Waals surface area contributed by atoms with Crippen molar-refractivity contribution < 1.29 is 110 Å². The lowest BCUT2D eigenvalue weighted by Crippen LogP contribution is -2.61. The summed E-state index contributed by atoms with van der Waals surface area (Å²) in [4.78, 5) is 104. The molecule has 16 atom stereocenters. The number of piperidine rings is 1. The van der Waals surface area contributed by atoms with Gasteiger partial charge < -0.3 is 102 Å². The zero-order valence-corrected chi connectivity index (χ0v) is 76.7. The van der Waals surface area contributed by atoms with Crippen molar-refractivity contribution in [3.63, 3.8) is 0 Å². The van der Waals surface area contributed by atoms with E-state index in [2.05, 4.69) is 43.2 Å². The van der Waals surface area contributed by atoms with Crippen molar-refractivity contribution >= 4 is 69.3 Å². The van der Waals surface area contributed by atoms with E-state index in [0.29, 0.717) is 229 Å². The van der Waals surface area contributed by atoms with Crippen LogP contribution in [0.4, 0.5) is 11.8 Å². The Kier molecular flexibility index (Phi) is 41.4. The number of cyclic esters (lactones) is 1. The van der Waals surface area contributed by atoms with Gasteiger partial charge in [0, 0.05) is 88.8 Å². The van der Waals surface area contributed by atoms with Crippen molar-refractivity contribution in [3.05, 3.63) is 117 Å². The van der Waals surface area contributed by atoms with Gasteiger partial charge in [0.05, 0.1) is 136 Å². The first kappa shape index (κ1) is 102. The molecule has 2 amide bonds. The number of hydrogen-bond acceptors (Lipinski definition) is 30. The summed E-state index contributed by atoms with van der Waals surface area (Å²) in [5, 5.41) is 33.8. The summed E-state index contributed by atoms with van der Waals surface area (Å²) in [5.41, 5.74) is 30.1. The van der Waals surface area contributed by atoms with Gasteiger partial charge in [-0.25, -0.2) is 19.4 Å². The van der Waals surface area contributed by atoms with Crippen molar-refractivity contribution in [2.24, 2.45) is 40.6 Å². The second-order valence-electron chi connectivity index (χ2n) is 34.6. The normalized spacial score (nSPS) is 27.3. The van der Waals surface area contributed by atoms with Crippen LogP contribution in [0.3, 0.4) is 0 Å². The number of esters is 2. The molecule has 1 aliphatic carbocycles. The molecule has 5 aromatic rings. The van der Waals surface area contributed by atoms with Gasteiger partial charge in [0.2, 0.25) is 11.7 Å². The van der Waals surface area contributed by atoms with Crippen LogP contribution < -0.4 is 11.5 Å². The Morgan fingerprint density at radius 3 is 2.07 bits per heavy atom. The van der Waals surface area contributed by atoms with Gasteiger partial charge in [0.15, 0.2) is 17.0 Å². The molecule has 3 fully saturated rings. The number of azide groups is 1. The van der Waals surface area contributed by atoms with E-state index in [1.807, 2.05) is 86.7 Å². The van der Waals surface area contributed by atoms with Crippen molar-refractivity contribution in [2.75, 3.05) is 152 Å². The van der Waals surface area contributed by atoms with Gasteiger partial charge in [-0.05, 0) is 173 Å². The monoisotopic (exact) mass is 1800 g/mol. The Hall–Kier alpha value is -9.01. The van der Waals surface area contributed by atoms with Crippen molar-refractivity contribution in [1.82, 2.24) is 34.5 Å². The lowest BCUT2D eigenvalue weighted by atomic mass is 9.78. The second-order valence-corrected chi connectivity index (χ2v) is 34.6. The Bertz CT molecular complexity index is 4610. The fourth-order valence-corrected chi connectivity index (χ4v) is 17.6. The number of fused-ring (bicyclic) bond motifs is 6. The molecule has 10 rings (SSSR count). The second kappa shape index (κ2) is 52.3. The van der Waals surface area contributed by atoms with E-state index in [9.17, 15) is 44.5 Å². The van der Waals surface area contributed by atoms with Crippen LogP contribution in [-0.4, -0.2) is 281 Å². The number of methoxy groups -OCH3 is 3.